The molecule has 3 aromatic rings. The molecule has 0 spiro atoms. The Kier molecular flexibility index (Phi) is 4.49. The highest BCUT2D eigenvalue weighted by Crippen LogP contribution is 2.27. The van der Waals surface area contributed by atoms with Crippen molar-refractivity contribution in [3.8, 4) is 0 Å². The van der Waals surface area contributed by atoms with Crippen LogP contribution in [0.5, 0.6) is 0 Å². The number of rotatable bonds is 3. The van der Waals surface area contributed by atoms with Gasteiger partial charge < -0.3 is 5.32 Å². The lowest BCUT2D eigenvalue weighted by molar-refractivity contribution is 0.102. The predicted octanol–water partition coefficient (Wildman–Crippen LogP) is 3.85. The number of benzene rings is 2. The van der Waals surface area contributed by atoms with Crippen molar-refractivity contribution in [2.24, 2.45) is 0 Å². The van der Waals surface area contributed by atoms with Crippen LogP contribution in [0.3, 0.4) is 0 Å². The van der Waals surface area contributed by atoms with Gasteiger partial charge >= 0.3 is 0 Å². The number of aromatic nitrogens is 1. The standard InChI is InChI=1S/C18H15ClN2O3S/c1-11-9-14(13-5-3-4-6-16(13)20-11)18(22)21-17-10-12(25(2,23)24)7-8-15(17)19/h3-10H,1-2H3,(H,21,22). The fourth-order valence-electron chi connectivity index (χ4n) is 2.52. The number of fused-ring (bicyclic) bond motifs is 1. The Hall–Kier alpha value is -2.44. The lowest BCUT2D eigenvalue weighted by Gasteiger charge is -2.11. The van der Waals surface area contributed by atoms with Crippen LogP contribution in [0.15, 0.2) is 53.4 Å². The van der Waals surface area contributed by atoms with E-state index in [4.69, 9.17) is 11.6 Å². The van der Waals surface area contributed by atoms with Crippen molar-refractivity contribution in [1.82, 2.24) is 4.98 Å². The topological polar surface area (TPSA) is 76.1 Å². The summed E-state index contributed by atoms with van der Waals surface area (Å²) in [5.41, 5.74) is 2.11. The second-order valence-corrected chi connectivity index (χ2v) is 8.12. The first-order chi connectivity index (χ1) is 11.8. The Morgan fingerprint density at radius 2 is 1.84 bits per heavy atom. The second kappa shape index (κ2) is 6.46. The molecule has 0 bridgehead atoms. The number of hydrogen-bond acceptors (Lipinski definition) is 4. The fraction of sp³-hybridized carbons (Fsp3) is 0.111. The quantitative estimate of drug-likeness (QED) is 0.755. The van der Waals surface area contributed by atoms with Crippen LogP contribution in [0, 0.1) is 6.92 Å². The molecule has 0 aliphatic rings. The molecule has 3 rings (SSSR count). The van der Waals surface area contributed by atoms with E-state index in [-0.39, 0.29) is 21.5 Å². The van der Waals surface area contributed by atoms with Gasteiger partial charge in [0.1, 0.15) is 0 Å². The van der Waals surface area contributed by atoms with Crippen molar-refractivity contribution in [3.05, 3.63) is 64.8 Å². The molecule has 5 nitrogen and oxygen atoms in total. The number of amides is 1. The number of nitrogens with zero attached hydrogens (tertiary/aromatic N) is 1. The molecular weight excluding hydrogens is 360 g/mol. The largest absolute Gasteiger partial charge is 0.321 e. The third-order valence-electron chi connectivity index (χ3n) is 3.70. The zero-order valence-electron chi connectivity index (χ0n) is 13.6. The zero-order valence-corrected chi connectivity index (χ0v) is 15.1. The fourth-order valence-corrected chi connectivity index (χ4v) is 3.33. The van der Waals surface area contributed by atoms with Gasteiger partial charge in [0.2, 0.25) is 0 Å². The number of halogens is 1. The second-order valence-electron chi connectivity index (χ2n) is 5.70. The van der Waals surface area contributed by atoms with Crippen LogP contribution in [-0.2, 0) is 9.84 Å². The molecule has 128 valence electrons. The molecule has 1 N–H and O–H groups in total. The van der Waals surface area contributed by atoms with Crippen molar-refractivity contribution in [3.63, 3.8) is 0 Å². The molecule has 0 saturated heterocycles. The first-order valence-electron chi connectivity index (χ1n) is 7.43. The number of pyridine rings is 1. The first kappa shape index (κ1) is 17.4. The van der Waals surface area contributed by atoms with Crippen LogP contribution in [0.25, 0.3) is 10.9 Å². The maximum absolute atomic E-state index is 12.7. The lowest BCUT2D eigenvalue weighted by atomic mass is 10.1. The minimum Gasteiger partial charge on any atom is -0.321 e. The normalized spacial score (nSPS) is 11.5. The minimum absolute atomic E-state index is 0.0861. The average molecular weight is 375 g/mol. The van der Waals surface area contributed by atoms with Crippen LogP contribution < -0.4 is 5.32 Å². The number of sulfone groups is 1. The van der Waals surface area contributed by atoms with Gasteiger partial charge in [0, 0.05) is 17.3 Å². The summed E-state index contributed by atoms with van der Waals surface area (Å²) in [6.45, 7) is 1.81. The van der Waals surface area contributed by atoms with Gasteiger partial charge in [-0.15, -0.1) is 0 Å². The van der Waals surface area contributed by atoms with Crippen molar-refractivity contribution < 1.29 is 13.2 Å². The Bertz CT molecular complexity index is 1090. The number of carbonyl (C=O) groups excluding carboxylic acids is 1. The number of hydrogen-bond donors (Lipinski definition) is 1. The van der Waals surface area contributed by atoms with E-state index in [1.165, 1.54) is 18.2 Å². The number of nitrogens with one attached hydrogen (secondary N) is 1. The summed E-state index contributed by atoms with van der Waals surface area (Å²) in [6.07, 6.45) is 1.10. The molecule has 0 unspecified atom stereocenters. The van der Waals surface area contributed by atoms with E-state index in [2.05, 4.69) is 10.3 Å². The lowest BCUT2D eigenvalue weighted by Crippen LogP contribution is -2.14. The van der Waals surface area contributed by atoms with Crippen molar-refractivity contribution in [2.45, 2.75) is 11.8 Å². The molecule has 0 radical (unpaired) electrons. The zero-order chi connectivity index (χ0) is 18.2. The Morgan fingerprint density at radius 3 is 2.56 bits per heavy atom. The van der Waals surface area contributed by atoms with E-state index in [0.717, 1.165) is 6.26 Å². The molecule has 0 saturated carbocycles. The summed E-state index contributed by atoms with van der Waals surface area (Å²) in [5, 5.41) is 3.66. The highest BCUT2D eigenvalue weighted by atomic mass is 35.5. The first-order valence-corrected chi connectivity index (χ1v) is 9.70. The summed E-state index contributed by atoms with van der Waals surface area (Å²) in [6, 6.07) is 13.2. The molecule has 1 amide bonds. The summed E-state index contributed by atoms with van der Waals surface area (Å²) < 4.78 is 23.4. The molecule has 0 atom stereocenters. The van der Waals surface area contributed by atoms with Crippen LogP contribution >= 0.6 is 11.6 Å². The third-order valence-corrected chi connectivity index (χ3v) is 5.14. The maximum Gasteiger partial charge on any atom is 0.256 e. The van der Waals surface area contributed by atoms with Crippen molar-refractivity contribution in [1.29, 1.82) is 0 Å². The maximum atomic E-state index is 12.7. The Morgan fingerprint density at radius 1 is 1.12 bits per heavy atom. The molecule has 0 aliphatic carbocycles. The Labute approximate surface area is 150 Å². The van der Waals surface area contributed by atoms with Gasteiger partial charge in [0.25, 0.3) is 5.91 Å². The summed E-state index contributed by atoms with van der Waals surface area (Å²) in [7, 11) is -3.40. The van der Waals surface area contributed by atoms with E-state index in [1.807, 2.05) is 24.3 Å². The van der Waals surface area contributed by atoms with E-state index < -0.39 is 9.84 Å². The minimum atomic E-state index is -3.40. The smallest absolute Gasteiger partial charge is 0.256 e. The molecule has 0 aliphatic heterocycles. The molecule has 2 aromatic carbocycles. The van der Waals surface area contributed by atoms with Gasteiger partial charge in [-0.3, -0.25) is 9.78 Å². The highest BCUT2D eigenvalue weighted by Gasteiger charge is 2.15. The number of para-hydroxylation sites is 1. The number of anilines is 1. The monoisotopic (exact) mass is 374 g/mol. The average Bonchev–Trinajstić information content (AvgIpc) is 2.54. The molecule has 1 heterocycles. The van der Waals surface area contributed by atoms with E-state index in [1.54, 1.807) is 13.0 Å². The third kappa shape index (κ3) is 3.65. The van der Waals surface area contributed by atoms with Crippen LogP contribution in [-0.4, -0.2) is 25.6 Å². The van der Waals surface area contributed by atoms with Crippen molar-refractivity contribution in [2.75, 3.05) is 11.6 Å². The predicted molar refractivity (Wildman–Crippen MR) is 99.0 cm³/mol. The Balaban J connectivity index is 2.04. The van der Waals surface area contributed by atoms with Crippen LogP contribution in [0.1, 0.15) is 16.1 Å². The summed E-state index contributed by atoms with van der Waals surface area (Å²) in [4.78, 5) is 17.2. The summed E-state index contributed by atoms with van der Waals surface area (Å²) in [5.74, 6) is -0.380. The molecular formula is C18H15ClN2O3S. The SMILES string of the molecule is Cc1cc(C(=O)Nc2cc(S(C)(=O)=O)ccc2Cl)c2ccccc2n1. The number of aryl methyl sites for hydroxylation is 1. The molecule has 0 fully saturated rings. The van der Waals surface area contributed by atoms with E-state index >= 15 is 0 Å². The van der Waals surface area contributed by atoms with Gasteiger partial charge in [0.15, 0.2) is 9.84 Å². The van der Waals surface area contributed by atoms with Gasteiger partial charge in [-0.2, -0.15) is 0 Å². The van der Waals surface area contributed by atoms with Gasteiger partial charge in [0.05, 0.1) is 26.7 Å². The van der Waals surface area contributed by atoms with Gasteiger partial charge in [-0.1, -0.05) is 29.8 Å². The number of carbonyl (C=O) groups is 1. The highest BCUT2D eigenvalue weighted by molar-refractivity contribution is 7.90. The van der Waals surface area contributed by atoms with E-state index in [0.29, 0.717) is 22.2 Å². The van der Waals surface area contributed by atoms with Crippen LogP contribution in [0.2, 0.25) is 5.02 Å². The molecule has 25 heavy (non-hydrogen) atoms. The van der Waals surface area contributed by atoms with Gasteiger partial charge in [-0.05, 0) is 37.3 Å². The van der Waals surface area contributed by atoms with E-state index in [9.17, 15) is 13.2 Å². The van der Waals surface area contributed by atoms with Crippen molar-refractivity contribution >= 4 is 43.9 Å². The van der Waals surface area contributed by atoms with Crippen LogP contribution in [0.4, 0.5) is 5.69 Å². The summed E-state index contributed by atoms with van der Waals surface area (Å²) >= 11 is 6.11. The molecule has 7 heteroatoms. The van der Waals surface area contributed by atoms with Gasteiger partial charge in [-0.25, -0.2) is 8.42 Å². The molecule has 1 aromatic heterocycles.